The molecule has 3 rings (SSSR count). The van der Waals surface area contributed by atoms with Crippen molar-refractivity contribution in [2.24, 2.45) is 13.0 Å². The molecule has 0 radical (unpaired) electrons. The van der Waals surface area contributed by atoms with Crippen LogP contribution in [0.1, 0.15) is 34.8 Å². The smallest absolute Gasteiger partial charge is 0.332 e. The summed E-state index contributed by atoms with van der Waals surface area (Å²) < 4.78 is 7.31. The Bertz CT molecular complexity index is 1090. The van der Waals surface area contributed by atoms with Gasteiger partial charge in [0, 0.05) is 52.9 Å². The van der Waals surface area contributed by atoms with Crippen LogP contribution in [0.2, 0.25) is 0 Å². The molecule has 0 saturated carbocycles. The maximum absolute atomic E-state index is 13.0. The monoisotopic (exact) mass is 460 g/mol. The van der Waals surface area contributed by atoms with Crippen LogP contribution in [0, 0.1) is 5.92 Å². The number of hydrogen-bond acceptors (Lipinski definition) is 8. The van der Waals surface area contributed by atoms with Crippen molar-refractivity contribution in [2.45, 2.75) is 20.4 Å². The van der Waals surface area contributed by atoms with Gasteiger partial charge in [-0.3, -0.25) is 33.3 Å². The number of Topliss-reactive ketones (excluding diaryl/α,β-unsaturated/α-hetero) is 1. The number of carbonyl (C=O) groups is 2. The zero-order valence-electron chi connectivity index (χ0n) is 19.4. The summed E-state index contributed by atoms with van der Waals surface area (Å²) >= 11 is 0. The molecule has 0 atom stereocenters. The third-order valence-electron chi connectivity index (χ3n) is 5.70. The average molecular weight is 461 g/mol. The number of nitrogens with two attached hydrogens (primary N) is 1. The Morgan fingerprint density at radius 1 is 1.15 bits per heavy atom. The van der Waals surface area contributed by atoms with Gasteiger partial charge in [0.05, 0.1) is 12.8 Å². The van der Waals surface area contributed by atoms with E-state index in [0.29, 0.717) is 32.7 Å². The fourth-order valence-electron chi connectivity index (χ4n) is 3.86. The zero-order chi connectivity index (χ0) is 24.1. The molecule has 1 aliphatic heterocycles. The van der Waals surface area contributed by atoms with Crippen LogP contribution in [-0.2, 0) is 13.6 Å². The highest BCUT2D eigenvalue weighted by Crippen LogP contribution is 2.10. The highest BCUT2D eigenvalue weighted by atomic mass is 16.3. The van der Waals surface area contributed by atoms with E-state index < -0.39 is 11.2 Å². The van der Waals surface area contributed by atoms with Crippen molar-refractivity contribution < 1.29 is 14.0 Å². The van der Waals surface area contributed by atoms with Crippen LogP contribution in [0.3, 0.4) is 0 Å². The van der Waals surface area contributed by atoms with Crippen LogP contribution in [-0.4, -0.2) is 76.4 Å². The molecule has 0 unspecified atom stereocenters. The number of carbonyl (C=O) groups excluding carboxylic acids is 2. The minimum Gasteiger partial charge on any atom is -0.459 e. The summed E-state index contributed by atoms with van der Waals surface area (Å²) in [5.74, 6) is -0.287. The first kappa shape index (κ1) is 24.5. The van der Waals surface area contributed by atoms with Gasteiger partial charge in [-0.05, 0) is 18.1 Å². The van der Waals surface area contributed by atoms with Crippen molar-refractivity contribution in [1.82, 2.24) is 24.3 Å². The summed E-state index contributed by atoms with van der Waals surface area (Å²) in [6, 6.07) is 3.28. The minimum absolute atomic E-state index is 0.0579. The molecule has 33 heavy (non-hydrogen) atoms. The topological polar surface area (TPSA) is 136 Å². The lowest BCUT2D eigenvalue weighted by Crippen LogP contribution is -2.50. The number of anilines is 1. The molecule has 2 aromatic rings. The molecule has 0 aromatic carbocycles. The van der Waals surface area contributed by atoms with Crippen LogP contribution in [0.5, 0.6) is 0 Å². The highest BCUT2D eigenvalue weighted by Gasteiger charge is 2.25. The zero-order valence-corrected chi connectivity index (χ0v) is 19.4. The molecule has 11 nitrogen and oxygen atoms in total. The third kappa shape index (κ3) is 5.79. The molecule has 1 saturated heterocycles. The van der Waals surface area contributed by atoms with Crippen molar-refractivity contribution in [3.05, 3.63) is 50.6 Å². The summed E-state index contributed by atoms with van der Waals surface area (Å²) in [4.78, 5) is 54.1. The van der Waals surface area contributed by atoms with E-state index in [1.165, 1.54) is 17.9 Å². The number of nitrogen functional groups attached to an aromatic ring is 1. The maximum Gasteiger partial charge on any atom is 0.332 e. The lowest BCUT2D eigenvalue weighted by Gasteiger charge is -2.34. The molecular weight excluding hydrogens is 428 g/mol. The van der Waals surface area contributed by atoms with Crippen molar-refractivity contribution >= 4 is 17.5 Å². The van der Waals surface area contributed by atoms with E-state index >= 15 is 0 Å². The number of rotatable bonds is 9. The summed E-state index contributed by atoms with van der Waals surface area (Å²) in [5, 5.41) is 2.82. The Balaban J connectivity index is 1.55. The number of amides is 1. The molecule has 11 heteroatoms. The van der Waals surface area contributed by atoms with Crippen molar-refractivity contribution in [2.75, 3.05) is 51.5 Å². The van der Waals surface area contributed by atoms with E-state index in [0.717, 1.165) is 17.7 Å². The van der Waals surface area contributed by atoms with Gasteiger partial charge in [-0.1, -0.05) is 13.8 Å². The fourth-order valence-corrected chi connectivity index (χ4v) is 3.86. The van der Waals surface area contributed by atoms with Crippen LogP contribution in [0.25, 0.3) is 0 Å². The van der Waals surface area contributed by atoms with Gasteiger partial charge in [0.15, 0.2) is 11.5 Å². The Morgan fingerprint density at radius 3 is 2.42 bits per heavy atom. The summed E-state index contributed by atoms with van der Waals surface area (Å²) in [5.41, 5.74) is 4.80. The first-order valence-corrected chi connectivity index (χ1v) is 11.1. The number of ketones is 1. The van der Waals surface area contributed by atoms with Crippen LogP contribution < -0.4 is 22.3 Å². The van der Waals surface area contributed by atoms with Crippen LogP contribution in [0.4, 0.5) is 5.82 Å². The van der Waals surface area contributed by atoms with Crippen LogP contribution in [0.15, 0.2) is 32.4 Å². The summed E-state index contributed by atoms with van der Waals surface area (Å²) in [6.07, 6.45) is 1.46. The van der Waals surface area contributed by atoms with E-state index in [9.17, 15) is 19.2 Å². The molecule has 3 heterocycles. The predicted octanol–water partition coefficient (Wildman–Crippen LogP) is -0.391. The van der Waals surface area contributed by atoms with Crippen molar-refractivity contribution in [3.63, 3.8) is 0 Å². The van der Waals surface area contributed by atoms with Gasteiger partial charge in [0.25, 0.3) is 11.5 Å². The Morgan fingerprint density at radius 2 is 1.82 bits per heavy atom. The number of aromatic nitrogens is 2. The predicted molar refractivity (Wildman–Crippen MR) is 123 cm³/mol. The Hall–Kier alpha value is -3.18. The van der Waals surface area contributed by atoms with Crippen molar-refractivity contribution in [1.29, 1.82) is 0 Å². The largest absolute Gasteiger partial charge is 0.459 e. The minimum atomic E-state index is -0.659. The molecule has 1 amide bonds. The number of hydrogen-bond donors (Lipinski definition) is 2. The quantitative estimate of drug-likeness (QED) is 0.483. The molecule has 1 fully saturated rings. The van der Waals surface area contributed by atoms with Crippen molar-refractivity contribution in [3.8, 4) is 0 Å². The molecule has 2 aromatic heterocycles. The molecule has 0 spiro atoms. The first-order chi connectivity index (χ1) is 15.7. The van der Waals surface area contributed by atoms with Gasteiger partial charge in [-0.15, -0.1) is 0 Å². The van der Waals surface area contributed by atoms with Gasteiger partial charge >= 0.3 is 5.69 Å². The second-order valence-electron chi connectivity index (χ2n) is 8.69. The second-order valence-corrected chi connectivity index (χ2v) is 8.69. The van der Waals surface area contributed by atoms with Gasteiger partial charge in [-0.25, -0.2) is 4.79 Å². The molecule has 1 aliphatic rings. The molecule has 3 N–H and O–H groups in total. The second kappa shape index (κ2) is 10.6. The van der Waals surface area contributed by atoms with Crippen LogP contribution >= 0.6 is 0 Å². The lowest BCUT2D eigenvalue weighted by molar-refractivity contribution is 0.0835. The number of piperazine rings is 1. The van der Waals surface area contributed by atoms with E-state index in [-0.39, 0.29) is 41.3 Å². The molecular formula is C22H32N6O5. The van der Waals surface area contributed by atoms with E-state index in [2.05, 4.69) is 10.2 Å². The van der Waals surface area contributed by atoms with E-state index in [1.807, 2.05) is 18.7 Å². The van der Waals surface area contributed by atoms with Gasteiger partial charge in [0.2, 0.25) is 0 Å². The SMILES string of the molecule is CC(C)Cn1c(N)c(C(=O)CN2CCN(CCNC(=O)c3ccco3)CC2)c(=O)n(C)c1=O. The molecule has 0 aliphatic carbocycles. The average Bonchev–Trinajstić information content (AvgIpc) is 3.31. The Labute approximate surface area is 191 Å². The summed E-state index contributed by atoms with van der Waals surface area (Å²) in [6.45, 7) is 8.16. The van der Waals surface area contributed by atoms with E-state index in [1.54, 1.807) is 12.1 Å². The fraction of sp³-hybridized carbons (Fsp3) is 0.545. The molecule has 0 bridgehead atoms. The number of furan rings is 1. The van der Waals surface area contributed by atoms with Gasteiger partial charge in [-0.2, -0.15) is 0 Å². The summed E-state index contributed by atoms with van der Waals surface area (Å²) in [7, 11) is 1.36. The number of nitrogens with one attached hydrogen (secondary N) is 1. The maximum atomic E-state index is 13.0. The van der Waals surface area contributed by atoms with E-state index in [4.69, 9.17) is 10.2 Å². The van der Waals surface area contributed by atoms with Gasteiger partial charge in [0.1, 0.15) is 11.4 Å². The first-order valence-electron chi connectivity index (χ1n) is 11.1. The third-order valence-corrected chi connectivity index (χ3v) is 5.70. The molecule has 180 valence electrons. The van der Waals surface area contributed by atoms with Gasteiger partial charge < -0.3 is 15.5 Å². The standard InChI is InChI=1S/C22H32N6O5/c1-15(2)13-28-19(23)18(21(31)25(3)22(28)32)16(29)14-27-10-8-26(9-11-27)7-6-24-20(30)17-5-4-12-33-17/h4-5,12,15H,6-11,13-14,23H2,1-3H3,(H,24,30). The lowest BCUT2D eigenvalue weighted by atomic mass is 10.1. The number of nitrogens with zero attached hydrogens (tertiary/aromatic N) is 4. The highest BCUT2D eigenvalue weighted by molar-refractivity contribution is 6.01. The normalized spacial score (nSPS) is 15.2. The Kier molecular flexibility index (Phi) is 7.88.